The second kappa shape index (κ2) is 14.1. The Morgan fingerprint density at radius 3 is 2.22 bits per heavy atom. The second-order valence-corrected chi connectivity index (χ2v) is 8.80. The van der Waals surface area contributed by atoms with E-state index in [0.29, 0.717) is 30.2 Å². The Labute approximate surface area is 214 Å². The number of unbranched alkanes of at least 4 members (excludes halogenated alkanes) is 2. The molecule has 0 aliphatic rings. The van der Waals surface area contributed by atoms with Gasteiger partial charge in [-0.05, 0) is 74.2 Å². The van der Waals surface area contributed by atoms with Crippen LogP contribution in [0.5, 0.6) is 11.5 Å². The van der Waals surface area contributed by atoms with Gasteiger partial charge in [0.05, 0.1) is 18.7 Å². The highest BCUT2D eigenvalue weighted by molar-refractivity contribution is 7.14. The zero-order valence-electron chi connectivity index (χ0n) is 20.5. The minimum atomic E-state index is -0.485. The summed E-state index contributed by atoms with van der Waals surface area (Å²) in [6.45, 7) is 3.12. The van der Waals surface area contributed by atoms with Crippen LogP contribution in [0.25, 0.3) is 11.3 Å². The lowest BCUT2D eigenvalue weighted by Crippen LogP contribution is -2.28. The number of amides is 1. The zero-order valence-corrected chi connectivity index (χ0v) is 21.3. The van der Waals surface area contributed by atoms with Gasteiger partial charge < -0.3 is 30.5 Å². The maximum atomic E-state index is 12.3. The number of rotatable bonds is 14. The van der Waals surface area contributed by atoms with Gasteiger partial charge in [-0.3, -0.25) is 4.79 Å². The topological polar surface area (TPSA) is 128 Å². The lowest BCUT2D eigenvalue weighted by atomic mass is 10.1. The van der Waals surface area contributed by atoms with Crippen molar-refractivity contribution < 1.29 is 24.2 Å². The van der Waals surface area contributed by atoms with Gasteiger partial charge in [-0.1, -0.05) is 12.1 Å². The minimum Gasteiger partial charge on any atom is -0.494 e. The molecule has 0 radical (unpaired) electrons. The molecule has 1 unspecified atom stereocenters. The number of oxime groups is 1. The van der Waals surface area contributed by atoms with E-state index in [-0.39, 0.29) is 11.7 Å². The van der Waals surface area contributed by atoms with Crippen LogP contribution in [0.2, 0.25) is 0 Å². The Morgan fingerprint density at radius 1 is 1.06 bits per heavy atom. The Hall–Kier alpha value is -3.63. The molecule has 0 fully saturated rings. The Balaban J connectivity index is 1.37. The van der Waals surface area contributed by atoms with E-state index in [1.54, 1.807) is 29.8 Å². The molecule has 3 aromatic rings. The summed E-state index contributed by atoms with van der Waals surface area (Å²) in [6.07, 6.45) is 2.91. The fourth-order valence-electron chi connectivity index (χ4n) is 3.44. The summed E-state index contributed by atoms with van der Waals surface area (Å²) >= 11 is 1.38. The number of methoxy groups -OCH3 is 1. The summed E-state index contributed by atoms with van der Waals surface area (Å²) in [5, 5.41) is 15.3. The minimum absolute atomic E-state index is 0.0700. The van der Waals surface area contributed by atoms with Gasteiger partial charge in [0.25, 0.3) is 5.91 Å². The molecular formula is C26H32N4O5S. The number of anilines is 1. The van der Waals surface area contributed by atoms with E-state index in [4.69, 9.17) is 25.2 Å². The number of hydrogen-bond acceptors (Lipinski definition) is 8. The number of hydrogen-bond donors (Lipinski definition) is 3. The molecular weight excluding hydrogens is 480 g/mol. The summed E-state index contributed by atoms with van der Waals surface area (Å²) in [6, 6.07) is 14.8. The van der Waals surface area contributed by atoms with Crippen LogP contribution < -0.4 is 20.5 Å². The highest BCUT2D eigenvalue weighted by Gasteiger charge is 2.18. The molecule has 0 spiro atoms. The standard InChI is InChI=1S/C26H32N4O5S/c1-3-22(33-2)25(31)29-26-23(28-17-36-26)18-7-11-20(12-8-18)34-15-5-4-6-16-35-21-13-9-19(10-14-21)24(27)30-32/h7-14,17,22,32H,3-6,15-16H2,1-2H3,(H2,27,30)(H,29,31). The molecule has 1 atom stereocenters. The Morgan fingerprint density at radius 2 is 1.67 bits per heavy atom. The molecule has 0 saturated carbocycles. The number of carbonyl (C=O) groups excluding carboxylic acids is 1. The average molecular weight is 513 g/mol. The molecule has 1 amide bonds. The first-order valence-corrected chi connectivity index (χ1v) is 12.6. The number of benzene rings is 2. The number of amidine groups is 1. The van der Waals surface area contributed by atoms with Crippen molar-refractivity contribution in [2.45, 2.75) is 38.7 Å². The average Bonchev–Trinajstić information content (AvgIpc) is 3.37. The number of nitrogens with one attached hydrogen (secondary N) is 1. The van der Waals surface area contributed by atoms with Crippen LogP contribution >= 0.6 is 11.3 Å². The van der Waals surface area contributed by atoms with Gasteiger partial charge in [0.1, 0.15) is 28.3 Å². The number of nitrogens with two attached hydrogens (primary N) is 1. The first-order chi connectivity index (χ1) is 17.5. The quantitative estimate of drug-likeness (QED) is 0.0921. The number of nitrogens with zero attached hydrogens (tertiary/aromatic N) is 2. The van der Waals surface area contributed by atoms with Crippen LogP contribution in [-0.4, -0.2) is 48.4 Å². The second-order valence-electron chi connectivity index (χ2n) is 7.94. The van der Waals surface area contributed by atoms with Crippen molar-refractivity contribution >= 4 is 28.1 Å². The largest absolute Gasteiger partial charge is 0.494 e. The molecule has 1 aromatic heterocycles. The van der Waals surface area contributed by atoms with Crippen molar-refractivity contribution in [3.8, 4) is 22.8 Å². The Bertz CT molecular complexity index is 1110. The van der Waals surface area contributed by atoms with E-state index in [1.807, 2.05) is 31.2 Å². The third kappa shape index (κ3) is 7.69. The van der Waals surface area contributed by atoms with Crippen molar-refractivity contribution in [3.05, 3.63) is 59.6 Å². The lowest BCUT2D eigenvalue weighted by Gasteiger charge is -2.13. The number of ether oxygens (including phenoxy) is 3. The van der Waals surface area contributed by atoms with Crippen LogP contribution in [0.3, 0.4) is 0 Å². The molecule has 192 valence electrons. The zero-order chi connectivity index (χ0) is 25.8. The van der Waals surface area contributed by atoms with E-state index < -0.39 is 6.10 Å². The fourth-order valence-corrected chi connectivity index (χ4v) is 4.15. The summed E-state index contributed by atoms with van der Waals surface area (Å²) in [7, 11) is 1.53. The summed E-state index contributed by atoms with van der Waals surface area (Å²) in [5.74, 6) is 1.42. The van der Waals surface area contributed by atoms with Crippen molar-refractivity contribution in [2.24, 2.45) is 10.9 Å². The molecule has 1 heterocycles. The molecule has 0 bridgehead atoms. The Kier molecular flexibility index (Phi) is 10.5. The molecule has 0 aliphatic carbocycles. The summed E-state index contributed by atoms with van der Waals surface area (Å²) in [4.78, 5) is 16.8. The van der Waals surface area contributed by atoms with Gasteiger partial charge in [-0.25, -0.2) is 4.98 Å². The summed E-state index contributed by atoms with van der Waals surface area (Å²) < 4.78 is 16.8. The van der Waals surface area contributed by atoms with Gasteiger partial charge in [-0.2, -0.15) is 0 Å². The molecule has 2 aromatic carbocycles. The third-order valence-corrected chi connectivity index (χ3v) is 6.21. The van der Waals surface area contributed by atoms with E-state index >= 15 is 0 Å². The number of aromatic nitrogens is 1. The molecule has 4 N–H and O–H groups in total. The SMILES string of the molecule is CCC(OC)C(=O)Nc1scnc1-c1ccc(OCCCCCOc2ccc(C(N)=NO)cc2)cc1. The van der Waals surface area contributed by atoms with Crippen molar-refractivity contribution in [1.82, 2.24) is 4.98 Å². The highest BCUT2D eigenvalue weighted by atomic mass is 32.1. The van der Waals surface area contributed by atoms with Crippen LogP contribution in [0.4, 0.5) is 5.00 Å². The van der Waals surface area contributed by atoms with E-state index in [1.165, 1.54) is 18.4 Å². The van der Waals surface area contributed by atoms with E-state index in [9.17, 15) is 4.79 Å². The lowest BCUT2D eigenvalue weighted by molar-refractivity contribution is -0.125. The normalized spacial score (nSPS) is 12.2. The van der Waals surface area contributed by atoms with Gasteiger partial charge in [-0.15, -0.1) is 11.3 Å². The van der Waals surface area contributed by atoms with Crippen LogP contribution in [0, 0.1) is 0 Å². The monoisotopic (exact) mass is 512 g/mol. The molecule has 36 heavy (non-hydrogen) atoms. The van der Waals surface area contributed by atoms with Crippen molar-refractivity contribution in [1.29, 1.82) is 0 Å². The molecule has 10 heteroatoms. The van der Waals surface area contributed by atoms with Gasteiger partial charge in [0.15, 0.2) is 5.84 Å². The van der Waals surface area contributed by atoms with Crippen molar-refractivity contribution in [2.75, 3.05) is 25.6 Å². The van der Waals surface area contributed by atoms with Crippen LogP contribution in [-0.2, 0) is 9.53 Å². The smallest absolute Gasteiger partial charge is 0.254 e. The summed E-state index contributed by atoms with van der Waals surface area (Å²) in [5.41, 5.74) is 9.53. The van der Waals surface area contributed by atoms with E-state index in [2.05, 4.69) is 15.5 Å². The predicted molar refractivity (Wildman–Crippen MR) is 141 cm³/mol. The van der Waals surface area contributed by atoms with Gasteiger partial charge in [0.2, 0.25) is 0 Å². The van der Waals surface area contributed by atoms with Gasteiger partial charge in [0, 0.05) is 18.2 Å². The molecule has 0 saturated heterocycles. The maximum Gasteiger partial charge on any atom is 0.254 e. The molecule has 3 rings (SSSR count). The molecule has 9 nitrogen and oxygen atoms in total. The maximum absolute atomic E-state index is 12.3. The number of carbonyl (C=O) groups is 1. The predicted octanol–water partition coefficient (Wildman–Crippen LogP) is 4.90. The van der Waals surface area contributed by atoms with Crippen LogP contribution in [0.15, 0.2) is 59.2 Å². The van der Waals surface area contributed by atoms with Gasteiger partial charge >= 0.3 is 0 Å². The highest BCUT2D eigenvalue weighted by Crippen LogP contribution is 2.31. The first-order valence-electron chi connectivity index (χ1n) is 11.8. The van der Waals surface area contributed by atoms with E-state index in [0.717, 1.165) is 42.0 Å². The number of thiazole rings is 1. The fraction of sp³-hybridized carbons (Fsp3) is 0.346. The first kappa shape index (κ1) is 27.0. The van der Waals surface area contributed by atoms with Crippen molar-refractivity contribution in [3.63, 3.8) is 0 Å². The molecule has 0 aliphatic heterocycles. The van der Waals surface area contributed by atoms with Crippen LogP contribution in [0.1, 0.15) is 38.2 Å². The third-order valence-electron chi connectivity index (χ3n) is 5.46.